The van der Waals surface area contributed by atoms with Crippen LogP contribution >= 0.6 is 0 Å². The number of pyridine rings is 1. The summed E-state index contributed by atoms with van der Waals surface area (Å²) < 4.78 is 0. The number of nitrogens with one attached hydrogen (secondary N) is 1. The molecule has 3 heteroatoms. The molecule has 1 aliphatic rings. The van der Waals surface area contributed by atoms with E-state index in [1.807, 2.05) is 6.07 Å². The minimum Gasteiger partial charge on any atom is -0.370 e. The first kappa shape index (κ1) is 14.3. The zero-order valence-corrected chi connectivity index (χ0v) is 12.5. The fourth-order valence-electron chi connectivity index (χ4n) is 2.85. The minimum atomic E-state index is 0.831. The smallest absolute Gasteiger partial charge is 0.126 e. The van der Waals surface area contributed by atoms with Gasteiger partial charge in [0.15, 0.2) is 0 Å². The topological polar surface area (TPSA) is 28.2 Å². The van der Waals surface area contributed by atoms with Crippen molar-refractivity contribution < 1.29 is 0 Å². The van der Waals surface area contributed by atoms with Crippen molar-refractivity contribution in [2.75, 3.05) is 25.0 Å². The summed E-state index contributed by atoms with van der Waals surface area (Å²) in [5.41, 5.74) is 1.18. The van der Waals surface area contributed by atoms with E-state index >= 15 is 0 Å². The van der Waals surface area contributed by atoms with Gasteiger partial charge in [-0.2, -0.15) is 0 Å². The summed E-state index contributed by atoms with van der Waals surface area (Å²) in [4.78, 5) is 7.20. The second-order valence-electron chi connectivity index (χ2n) is 5.90. The second-order valence-corrected chi connectivity index (χ2v) is 5.90. The number of anilines is 1. The fraction of sp³-hybridized carbons (Fsp3) is 0.688. The highest BCUT2D eigenvalue weighted by molar-refractivity contribution is 5.34. The van der Waals surface area contributed by atoms with E-state index in [9.17, 15) is 0 Å². The van der Waals surface area contributed by atoms with E-state index in [0.717, 1.165) is 30.7 Å². The lowest BCUT2D eigenvalue weighted by Gasteiger charge is -2.33. The van der Waals surface area contributed by atoms with Crippen LogP contribution in [0.15, 0.2) is 18.2 Å². The van der Waals surface area contributed by atoms with Gasteiger partial charge in [0.05, 0.1) is 5.69 Å². The Kier molecular flexibility index (Phi) is 5.20. The van der Waals surface area contributed by atoms with Crippen LogP contribution in [-0.4, -0.2) is 29.5 Å². The average molecular weight is 261 g/mol. The lowest BCUT2D eigenvalue weighted by Crippen LogP contribution is -2.35. The number of hydrogen-bond donors (Lipinski definition) is 1. The molecule has 0 spiro atoms. The van der Waals surface area contributed by atoms with Gasteiger partial charge in [0.2, 0.25) is 0 Å². The van der Waals surface area contributed by atoms with Crippen molar-refractivity contribution in [3.05, 3.63) is 23.9 Å². The minimum absolute atomic E-state index is 0.831. The summed E-state index contributed by atoms with van der Waals surface area (Å²) in [5.74, 6) is 2.74. The number of hydrogen-bond acceptors (Lipinski definition) is 3. The van der Waals surface area contributed by atoms with Crippen LogP contribution in [0.4, 0.5) is 5.82 Å². The maximum absolute atomic E-state index is 4.66. The van der Waals surface area contributed by atoms with Crippen LogP contribution in [0.2, 0.25) is 0 Å². The first-order chi connectivity index (χ1) is 9.19. The Bertz CT molecular complexity index is 381. The van der Waals surface area contributed by atoms with Crippen molar-refractivity contribution in [2.24, 2.45) is 11.8 Å². The average Bonchev–Trinajstić information content (AvgIpc) is 2.40. The van der Waals surface area contributed by atoms with Crippen molar-refractivity contribution in [1.29, 1.82) is 0 Å². The van der Waals surface area contributed by atoms with Gasteiger partial charge in [-0.3, -0.25) is 4.90 Å². The molecule has 0 unspecified atom stereocenters. The summed E-state index contributed by atoms with van der Waals surface area (Å²) in [5, 5.41) is 3.28. The monoisotopic (exact) mass is 261 g/mol. The molecule has 1 saturated heterocycles. The quantitative estimate of drug-likeness (QED) is 0.880. The van der Waals surface area contributed by atoms with Crippen molar-refractivity contribution in [2.45, 2.75) is 40.2 Å². The largest absolute Gasteiger partial charge is 0.370 e. The van der Waals surface area contributed by atoms with E-state index in [1.165, 1.54) is 31.6 Å². The molecule has 1 aromatic rings. The Morgan fingerprint density at radius 3 is 2.68 bits per heavy atom. The summed E-state index contributed by atoms with van der Waals surface area (Å²) >= 11 is 0. The maximum atomic E-state index is 4.66. The van der Waals surface area contributed by atoms with Crippen LogP contribution in [-0.2, 0) is 6.54 Å². The van der Waals surface area contributed by atoms with E-state index in [-0.39, 0.29) is 0 Å². The molecule has 2 rings (SSSR count). The first-order valence-corrected chi connectivity index (χ1v) is 7.61. The molecular weight excluding hydrogens is 234 g/mol. The maximum Gasteiger partial charge on any atom is 0.126 e. The van der Waals surface area contributed by atoms with Gasteiger partial charge in [-0.15, -0.1) is 0 Å². The summed E-state index contributed by atoms with van der Waals surface area (Å²) in [6, 6.07) is 6.27. The summed E-state index contributed by atoms with van der Waals surface area (Å²) in [6.45, 7) is 11.2. The highest BCUT2D eigenvalue weighted by atomic mass is 15.1. The van der Waals surface area contributed by atoms with Crippen LogP contribution in [0.1, 0.15) is 39.3 Å². The number of nitrogens with zero attached hydrogens (tertiary/aromatic N) is 2. The Morgan fingerprint density at radius 2 is 2.05 bits per heavy atom. The molecule has 0 aromatic carbocycles. The van der Waals surface area contributed by atoms with Crippen molar-refractivity contribution in [1.82, 2.24) is 9.88 Å². The fourth-order valence-corrected chi connectivity index (χ4v) is 2.85. The normalized spacial score (nSPS) is 17.9. The van der Waals surface area contributed by atoms with E-state index < -0.39 is 0 Å². The standard InChI is InChI=1S/C16H27N3/c1-4-17-16-7-5-6-15(18-16)12-19-10-8-14(9-11-19)13(2)3/h5-7,13-14H,4,8-12H2,1-3H3,(H,17,18). The van der Waals surface area contributed by atoms with Gasteiger partial charge < -0.3 is 5.32 Å². The van der Waals surface area contributed by atoms with Gasteiger partial charge in [-0.25, -0.2) is 4.98 Å². The zero-order chi connectivity index (χ0) is 13.7. The van der Waals surface area contributed by atoms with Crippen LogP contribution in [0.5, 0.6) is 0 Å². The second kappa shape index (κ2) is 6.90. The van der Waals surface area contributed by atoms with Crippen molar-refractivity contribution >= 4 is 5.82 Å². The van der Waals surface area contributed by atoms with Crippen molar-refractivity contribution in [3.8, 4) is 0 Å². The molecule has 0 saturated carbocycles. The highest BCUT2D eigenvalue weighted by Gasteiger charge is 2.21. The predicted octanol–water partition coefficient (Wildman–Crippen LogP) is 3.38. The summed E-state index contributed by atoms with van der Waals surface area (Å²) in [6.07, 6.45) is 2.68. The van der Waals surface area contributed by atoms with E-state index in [1.54, 1.807) is 0 Å². The lowest BCUT2D eigenvalue weighted by atomic mass is 9.87. The number of rotatable bonds is 5. The molecule has 1 N–H and O–H groups in total. The van der Waals surface area contributed by atoms with Crippen LogP contribution < -0.4 is 5.32 Å². The third-order valence-corrected chi connectivity index (χ3v) is 4.13. The molecule has 2 heterocycles. The highest BCUT2D eigenvalue weighted by Crippen LogP contribution is 2.25. The third kappa shape index (κ3) is 4.20. The van der Waals surface area contributed by atoms with Crippen LogP contribution in [0.3, 0.4) is 0 Å². The van der Waals surface area contributed by atoms with Gasteiger partial charge in [0, 0.05) is 13.1 Å². The molecule has 0 radical (unpaired) electrons. The number of likely N-dealkylation sites (tertiary alicyclic amines) is 1. The van der Waals surface area contributed by atoms with Crippen LogP contribution in [0.25, 0.3) is 0 Å². The van der Waals surface area contributed by atoms with Crippen molar-refractivity contribution in [3.63, 3.8) is 0 Å². The number of piperidine rings is 1. The van der Waals surface area contributed by atoms with E-state index in [4.69, 9.17) is 0 Å². The molecule has 19 heavy (non-hydrogen) atoms. The van der Waals surface area contributed by atoms with E-state index in [2.05, 4.69) is 48.1 Å². The molecule has 1 fully saturated rings. The third-order valence-electron chi connectivity index (χ3n) is 4.13. The Labute approximate surface area is 117 Å². The Morgan fingerprint density at radius 1 is 1.32 bits per heavy atom. The van der Waals surface area contributed by atoms with Gasteiger partial charge in [0.25, 0.3) is 0 Å². The molecule has 106 valence electrons. The molecule has 3 nitrogen and oxygen atoms in total. The molecule has 0 bridgehead atoms. The first-order valence-electron chi connectivity index (χ1n) is 7.61. The SMILES string of the molecule is CCNc1cccc(CN2CCC(C(C)C)CC2)n1. The summed E-state index contributed by atoms with van der Waals surface area (Å²) in [7, 11) is 0. The number of aromatic nitrogens is 1. The van der Waals surface area contributed by atoms with Gasteiger partial charge >= 0.3 is 0 Å². The van der Waals surface area contributed by atoms with Gasteiger partial charge in [0.1, 0.15) is 5.82 Å². The lowest BCUT2D eigenvalue weighted by molar-refractivity contribution is 0.150. The Balaban J connectivity index is 1.86. The predicted molar refractivity (Wildman–Crippen MR) is 81.2 cm³/mol. The molecule has 0 atom stereocenters. The molecular formula is C16H27N3. The van der Waals surface area contributed by atoms with E-state index in [0.29, 0.717) is 0 Å². The molecule has 0 amide bonds. The molecule has 1 aromatic heterocycles. The Hall–Kier alpha value is -1.09. The molecule has 1 aliphatic heterocycles. The van der Waals surface area contributed by atoms with Gasteiger partial charge in [-0.05, 0) is 56.8 Å². The molecule has 0 aliphatic carbocycles. The van der Waals surface area contributed by atoms with Gasteiger partial charge in [-0.1, -0.05) is 19.9 Å². The zero-order valence-electron chi connectivity index (χ0n) is 12.5. The van der Waals surface area contributed by atoms with Crippen LogP contribution in [0, 0.1) is 11.8 Å².